The quantitative estimate of drug-likeness (QED) is 0.344. The molecule has 0 radical (unpaired) electrons. The van der Waals surface area contributed by atoms with Crippen molar-refractivity contribution in [3.63, 3.8) is 0 Å². The lowest BCUT2D eigenvalue weighted by Gasteiger charge is -2.43. The second kappa shape index (κ2) is 10.8. The Morgan fingerprint density at radius 1 is 1.03 bits per heavy atom. The van der Waals surface area contributed by atoms with E-state index in [-0.39, 0.29) is 30.1 Å². The third kappa shape index (κ3) is 5.25. The van der Waals surface area contributed by atoms with Crippen LogP contribution in [0.15, 0.2) is 90.1 Å². The molecule has 6 nitrogen and oxygen atoms in total. The van der Waals surface area contributed by atoms with Crippen LogP contribution in [0, 0.1) is 11.3 Å². The highest BCUT2D eigenvalue weighted by molar-refractivity contribution is 6.03. The number of carbonyl (C=O) groups excluding carboxylic acids is 2. The van der Waals surface area contributed by atoms with Gasteiger partial charge in [0.1, 0.15) is 0 Å². The van der Waals surface area contributed by atoms with Crippen LogP contribution >= 0.6 is 0 Å². The molecule has 1 atom stereocenters. The van der Waals surface area contributed by atoms with Gasteiger partial charge in [0, 0.05) is 12.2 Å². The van der Waals surface area contributed by atoms with Crippen LogP contribution in [-0.4, -0.2) is 23.5 Å². The molecule has 3 aromatic carbocycles. The van der Waals surface area contributed by atoms with Crippen LogP contribution in [0.25, 0.3) is 0 Å². The zero-order valence-electron chi connectivity index (χ0n) is 20.7. The van der Waals surface area contributed by atoms with Crippen molar-refractivity contribution in [1.82, 2.24) is 4.90 Å². The first kappa shape index (κ1) is 26.5. The summed E-state index contributed by atoms with van der Waals surface area (Å²) in [6.07, 6.45) is -4.62. The zero-order chi connectivity index (χ0) is 27.4. The van der Waals surface area contributed by atoms with Crippen molar-refractivity contribution in [2.24, 2.45) is 0 Å². The maximum atomic E-state index is 14.1. The fraction of sp³-hybridized carbons (Fsp3) is 0.207. The third-order valence-corrected chi connectivity index (χ3v) is 6.23. The van der Waals surface area contributed by atoms with Gasteiger partial charge in [0.15, 0.2) is 0 Å². The molecule has 1 aliphatic rings. The van der Waals surface area contributed by atoms with Crippen LogP contribution in [0.1, 0.15) is 42.1 Å². The van der Waals surface area contributed by atoms with Gasteiger partial charge in [-0.15, -0.1) is 0 Å². The number of urea groups is 1. The van der Waals surface area contributed by atoms with Crippen LogP contribution in [0.3, 0.4) is 0 Å². The number of hydrogen-bond donors (Lipinski definition) is 0. The van der Waals surface area contributed by atoms with Crippen molar-refractivity contribution < 1.29 is 27.5 Å². The number of hydrogen-bond acceptors (Lipinski definition) is 4. The second-order valence-corrected chi connectivity index (χ2v) is 8.64. The largest absolute Gasteiger partial charge is 0.463 e. The highest BCUT2D eigenvalue weighted by Gasteiger charge is 2.43. The number of rotatable bonds is 6. The number of amides is 2. The molecule has 3 aromatic rings. The molecule has 0 saturated carbocycles. The van der Waals surface area contributed by atoms with Gasteiger partial charge in [-0.2, -0.15) is 18.4 Å². The Morgan fingerprint density at radius 3 is 2.32 bits per heavy atom. The predicted molar refractivity (Wildman–Crippen MR) is 135 cm³/mol. The molecule has 9 heteroatoms. The number of benzene rings is 3. The minimum absolute atomic E-state index is 0.0273. The molecule has 194 valence electrons. The molecule has 0 bridgehead atoms. The van der Waals surface area contributed by atoms with Crippen LogP contribution in [0.4, 0.5) is 23.7 Å². The van der Waals surface area contributed by atoms with Crippen molar-refractivity contribution >= 4 is 17.7 Å². The maximum Gasteiger partial charge on any atom is 0.416 e. The number of nitriles is 1. The fourth-order valence-electron chi connectivity index (χ4n) is 4.48. The standard InChI is InChI=1S/C29H24F3N3O3/c1-3-38-27(36)25-19(2)35(24-11-7-10-23(16-24)29(30,31)32)28(37)34(18-21-8-5-4-6-9-21)26(25)22-14-12-20(17-33)13-15-22/h4-16,26H,3,18H2,1-2H3. The van der Waals surface area contributed by atoms with E-state index < -0.39 is 29.8 Å². The minimum atomic E-state index is -4.62. The van der Waals surface area contributed by atoms with E-state index >= 15 is 0 Å². The number of anilines is 1. The van der Waals surface area contributed by atoms with Crippen molar-refractivity contribution in [2.45, 2.75) is 32.6 Å². The third-order valence-electron chi connectivity index (χ3n) is 6.23. The van der Waals surface area contributed by atoms with Gasteiger partial charge in [0.25, 0.3) is 0 Å². The van der Waals surface area contributed by atoms with Gasteiger partial charge in [-0.3, -0.25) is 4.90 Å². The molecule has 1 aliphatic heterocycles. The molecule has 0 aliphatic carbocycles. The summed E-state index contributed by atoms with van der Waals surface area (Å²) in [6, 6.07) is 20.5. The van der Waals surface area contributed by atoms with E-state index in [2.05, 4.69) is 0 Å². The summed E-state index contributed by atoms with van der Waals surface area (Å²) in [7, 11) is 0. The summed E-state index contributed by atoms with van der Waals surface area (Å²) < 4.78 is 45.9. The molecule has 1 unspecified atom stereocenters. The number of alkyl halides is 3. The summed E-state index contributed by atoms with van der Waals surface area (Å²) in [4.78, 5) is 30.0. The van der Waals surface area contributed by atoms with E-state index in [1.165, 1.54) is 24.0 Å². The first-order chi connectivity index (χ1) is 18.2. The number of esters is 1. The lowest BCUT2D eigenvalue weighted by atomic mass is 9.91. The van der Waals surface area contributed by atoms with Gasteiger partial charge >= 0.3 is 18.2 Å². The Labute approximate surface area is 218 Å². The average molecular weight is 520 g/mol. The SMILES string of the molecule is CCOC(=O)C1=C(C)N(c2cccc(C(F)(F)F)c2)C(=O)N(Cc2ccccc2)C1c1ccc(C#N)cc1. The summed E-state index contributed by atoms with van der Waals surface area (Å²) >= 11 is 0. The van der Waals surface area contributed by atoms with Crippen LogP contribution in [0.2, 0.25) is 0 Å². The number of carbonyl (C=O) groups is 2. The van der Waals surface area contributed by atoms with E-state index in [1.807, 2.05) is 24.3 Å². The number of allylic oxidation sites excluding steroid dienone is 1. The molecule has 4 rings (SSSR count). The lowest BCUT2D eigenvalue weighted by Crippen LogP contribution is -2.50. The van der Waals surface area contributed by atoms with Crippen molar-refractivity contribution in [3.05, 3.63) is 112 Å². The molecular weight excluding hydrogens is 495 g/mol. The molecule has 2 amide bonds. The molecule has 0 N–H and O–H groups in total. The molecular formula is C29H24F3N3O3. The molecule has 38 heavy (non-hydrogen) atoms. The van der Waals surface area contributed by atoms with Gasteiger partial charge in [-0.05, 0) is 55.3 Å². The van der Waals surface area contributed by atoms with Crippen LogP contribution < -0.4 is 4.90 Å². The Morgan fingerprint density at radius 2 is 1.71 bits per heavy atom. The average Bonchev–Trinajstić information content (AvgIpc) is 2.90. The van der Waals surface area contributed by atoms with Gasteiger partial charge in [-0.1, -0.05) is 48.5 Å². The minimum Gasteiger partial charge on any atom is -0.463 e. The summed E-state index contributed by atoms with van der Waals surface area (Å²) in [5, 5.41) is 9.24. The monoisotopic (exact) mass is 519 g/mol. The molecule has 1 heterocycles. The Bertz CT molecular complexity index is 1410. The first-order valence-corrected chi connectivity index (χ1v) is 11.9. The Kier molecular flexibility index (Phi) is 7.53. The summed E-state index contributed by atoms with van der Waals surface area (Å²) in [5.74, 6) is -0.693. The smallest absolute Gasteiger partial charge is 0.416 e. The highest BCUT2D eigenvalue weighted by atomic mass is 19.4. The van der Waals surface area contributed by atoms with Crippen LogP contribution in [0.5, 0.6) is 0 Å². The van der Waals surface area contributed by atoms with Crippen LogP contribution in [-0.2, 0) is 22.3 Å². The first-order valence-electron chi connectivity index (χ1n) is 11.9. The van der Waals surface area contributed by atoms with Crippen molar-refractivity contribution in [1.29, 1.82) is 5.26 Å². The number of nitrogens with zero attached hydrogens (tertiary/aromatic N) is 3. The molecule has 0 fully saturated rings. The topological polar surface area (TPSA) is 73.6 Å². The molecule has 0 aromatic heterocycles. The maximum absolute atomic E-state index is 14.1. The van der Waals surface area contributed by atoms with Gasteiger partial charge < -0.3 is 9.64 Å². The summed E-state index contributed by atoms with van der Waals surface area (Å²) in [6.45, 7) is 3.29. The number of ether oxygens (including phenoxy) is 1. The van der Waals surface area contributed by atoms with E-state index in [4.69, 9.17) is 4.74 Å². The van der Waals surface area contributed by atoms with E-state index in [0.29, 0.717) is 11.1 Å². The Balaban J connectivity index is 1.95. The number of halogens is 3. The fourth-order valence-corrected chi connectivity index (χ4v) is 4.48. The zero-order valence-corrected chi connectivity index (χ0v) is 20.7. The normalized spacial score (nSPS) is 15.9. The van der Waals surface area contributed by atoms with E-state index in [0.717, 1.165) is 22.6 Å². The van der Waals surface area contributed by atoms with Gasteiger partial charge in [-0.25, -0.2) is 9.59 Å². The van der Waals surface area contributed by atoms with E-state index in [1.54, 1.807) is 43.3 Å². The molecule has 0 spiro atoms. The Hall–Kier alpha value is -4.58. The van der Waals surface area contributed by atoms with E-state index in [9.17, 15) is 28.0 Å². The molecule has 0 saturated heterocycles. The van der Waals surface area contributed by atoms with Crippen molar-refractivity contribution in [3.8, 4) is 6.07 Å². The van der Waals surface area contributed by atoms with Gasteiger partial charge in [0.2, 0.25) is 0 Å². The lowest BCUT2D eigenvalue weighted by molar-refractivity contribution is -0.139. The van der Waals surface area contributed by atoms with Gasteiger partial charge in [0.05, 0.1) is 41.1 Å². The highest BCUT2D eigenvalue weighted by Crippen LogP contribution is 2.42. The van der Waals surface area contributed by atoms with Crippen molar-refractivity contribution in [2.75, 3.05) is 11.5 Å². The summed E-state index contributed by atoms with van der Waals surface area (Å²) in [5.41, 5.74) is 1.04. The second-order valence-electron chi connectivity index (χ2n) is 8.64. The predicted octanol–water partition coefficient (Wildman–Crippen LogP) is 6.60.